The smallest absolute Gasteiger partial charge is 0.222 e. The highest BCUT2D eigenvalue weighted by molar-refractivity contribution is 5.76. The van der Waals surface area contributed by atoms with E-state index in [2.05, 4.69) is 13.8 Å². The molecule has 0 aliphatic carbocycles. The molecule has 0 aromatic rings. The Morgan fingerprint density at radius 3 is 2.86 bits per heavy atom. The maximum absolute atomic E-state index is 11.7. The number of aliphatic hydroxyl groups excluding tert-OH is 1. The van der Waals surface area contributed by atoms with Crippen LogP contribution in [0, 0.1) is 11.8 Å². The first-order chi connectivity index (χ1) is 6.67. The molecule has 1 saturated heterocycles. The molecule has 1 aliphatic heterocycles. The molecule has 0 aromatic carbocycles. The lowest BCUT2D eigenvalue weighted by atomic mass is 10.0. The number of amides is 1. The Morgan fingerprint density at radius 2 is 2.36 bits per heavy atom. The summed E-state index contributed by atoms with van der Waals surface area (Å²) in [6, 6.07) is 0. The first-order valence-corrected chi connectivity index (χ1v) is 5.56. The van der Waals surface area contributed by atoms with Gasteiger partial charge in [0.25, 0.3) is 0 Å². The molecule has 0 aromatic heterocycles. The second-order valence-corrected chi connectivity index (χ2v) is 4.39. The number of rotatable bonds is 4. The van der Waals surface area contributed by atoms with Gasteiger partial charge in [-0.1, -0.05) is 20.3 Å². The SMILES string of the molecule is CC[C@H](C)CC(=O)N1CC[C@@H](CO)C1. The van der Waals surface area contributed by atoms with Crippen molar-refractivity contribution in [2.45, 2.75) is 33.1 Å². The summed E-state index contributed by atoms with van der Waals surface area (Å²) in [4.78, 5) is 13.6. The molecule has 1 aliphatic rings. The van der Waals surface area contributed by atoms with Gasteiger partial charge < -0.3 is 10.0 Å². The maximum Gasteiger partial charge on any atom is 0.222 e. The monoisotopic (exact) mass is 199 g/mol. The van der Waals surface area contributed by atoms with E-state index < -0.39 is 0 Å². The second-order valence-electron chi connectivity index (χ2n) is 4.39. The molecule has 0 saturated carbocycles. The zero-order valence-corrected chi connectivity index (χ0v) is 9.20. The fraction of sp³-hybridized carbons (Fsp3) is 0.909. The van der Waals surface area contributed by atoms with Crippen molar-refractivity contribution in [2.24, 2.45) is 11.8 Å². The van der Waals surface area contributed by atoms with Crippen LogP contribution in [0.25, 0.3) is 0 Å². The molecule has 0 bridgehead atoms. The van der Waals surface area contributed by atoms with Gasteiger partial charge in [0.2, 0.25) is 5.91 Å². The largest absolute Gasteiger partial charge is 0.396 e. The Kier molecular flexibility index (Phi) is 4.39. The summed E-state index contributed by atoms with van der Waals surface area (Å²) >= 11 is 0. The molecule has 2 atom stereocenters. The van der Waals surface area contributed by atoms with Gasteiger partial charge in [-0.05, 0) is 12.3 Å². The number of aliphatic hydroxyl groups is 1. The molecule has 1 rings (SSSR count). The Hall–Kier alpha value is -0.570. The molecule has 0 radical (unpaired) electrons. The van der Waals surface area contributed by atoms with Gasteiger partial charge in [-0.3, -0.25) is 4.79 Å². The van der Waals surface area contributed by atoms with Crippen LogP contribution in [0.4, 0.5) is 0 Å². The van der Waals surface area contributed by atoms with Gasteiger partial charge in [0.15, 0.2) is 0 Å². The fourth-order valence-corrected chi connectivity index (χ4v) is 1.78. The van der Waals surface area contributed by atoms with Crippen molar-refractivity contribution in [3.8, 4) is 0 Å². The van der Waals surface area contributed by atoms with Crippen LogP contribution in [0.1, 0.15) is 33.1 Å². The van der Waals surface area contributed by atoms with Crippen molar-refractivity contribution in [1.29, 1.82) is 0 Å². The van der Waals surface area contributed by atoms with Crippen LogP contribution in [0.5, 0.6) is 0 Å². The van der Waals surface area contributed by atoms with Crippen molar-refractivity contribution in [1.82, 2.24) is 4.90 Å². The number of likely N-dealkylation sites (tertiary alicyclic amines) is 1. The lowest BCUT2D eigenvalue weighted by Gasteiger charge is -2.18. The Bertz CT molecular complexity index is 194. The van der Waals surface area contributed by atoms with Crippen molar-refractivity contribution in [2.75, 3.05) is 19.7 Å². The Labute approximate surface area is 86.1 Å². The van der Waals surface area contributed by atoms with Crippen LogP contribution in [-0.4, -0.2) is 35.6 Å². The van der Waals surface area contributed by atoms with Gasteiger partial charge in [0, 0.05) is 32.0 Å². The summed E-state index contributed by atoms with van der Waals surface area (Å²) in [7, 11) is 0. The summed E-state index contributed by atoms with van der Waals surface area (Å²) < 4.78 is 0. The van der Waals surface area contributed by atoms with Crippen LogP contribution >= 0.6 is 0 Å². The van der Waals surface area contributed by atoms with Gasteiger partial charge in [-0.2, -0.15) is 0 Å². The van der Waals surface area contributed by atoms with Crippen molar-refractivity contribution >= 4 is 5.91 Å². The fourth-order valence-electron chi connectivity index (χ4n) is 1.78. The van der Waals surface area contributed by atoms with E-state index in [-0.39, 0.29) is 12.5 Å². The summed E-state index contributed by atoms with van der Waals surface area (Å²) in [5, 5.41) is 8.96. The van der Waals surface area contributed by atoms with E-state index in [9.17, 15) is 4.79 Å². The first-order valence-electron chi connectivity index (χ1n) is 5.56. The molecule has 1 heterocycles. The third kappa shape index (κ3) is 2.98. The molecule has 82 valence electrons. The third-order valence-corrected chi connectivity index (χ3v) is 3.12. The average Bonchev–Trinajstić information content (AvgIpc) is 2.65. The van der Waals surface area contributed by atoms with E-state index in [1.54, 1.807) is 0 Å². The summed E-state index contributed by atoms with van der Waals surface area (Å²) in [6.45, 7) is 6.02. The average molecular weight is 199 g/mol. The number of hydrogen-bond acceptors (Lipinski definition) is 2. The molecule has 0 spiro atoms. The van der Waals surface area contributed by atoms with Crippen molar-refractivity contribution < 1.29 is 9.90 Å². The van der Waals surface area contributed by atoms with E-state index in [0.717, 1.165) is 25.9 Å². The topological polar surface area (TPSA) is 40.5 Å². The molecule has 1 N–H and O–H groups in total. The Morgan fingerprint density at radius 1 is 1.64 bits per heavy atom. The minimum Gasteiger partial charge on any atom is -0.396 e. The highest BCUT2D eigenvalue weighted by Crippen LogP contribution is 2.18. The molecule has 3 heteroatoms. The summed E-state index contributed by atoms with van der Waals surface area (Å²) in [6.07, 6.45) is 2.68. The number of carbonyl (C=O) groups excluding carboxylic acids is 1. The predicted octanol–water partition coefficient (Wildman–Crippen LogP) is 1.26. The van der Waals surface area contributed by atoms with Crippen molar-refractivity contribution in [3.63, 3.8) is 0 Å². The molecule has 1 fully saturated rings. The molecule has 0 unspecified atom stereocenters. The van der Waals surface area contributed by atoms with E-state index >= 15 is 0 Å². The van der Waals surface area contributed by atoms with Gasteiger partial charge in [0.05, 0.1) is 0 Å². The van der Waals surface area contributed by atoms with Crippen molar-refractivity contribution in [3.05, 3.63) is 0 Å². The molecule has 1 amide bonds. The van der Waals surface area contributed by atoms with Gasteiger partial charge >= 0.3 is 0 Å². The van der Waals surface area contributed by atoms with Gasteiger partial charge in [-0.15, -0.1) is 0 Å². The minimum atomic E-state index is 0.215. The van der Waals surface area contributed by atoms with Crippen LogP contribution in [-0.2, 0) is 4.79 Å². The lowest BCUT2D eigenvalue weighted by molar-refractivity contribution is -0.131. The van der Waals surface area contributed by atoms with E-state index in [1.807, 2.05) is 4.90 Å². The molecule has 14 heavy (non-hydrogen) atoms. The number of carbonyl (C=O) groups is 1. The Balaban J connectivity index is 2.32. The zero-order chi connectivity index (χ0) is 10.6. The van der Waals surface area contributed by atoms with E-state index in [0.29, 0.717) is 18.3 Å². The van der Waals surface area contributed by atoms with Crippen LogP contribution in [0.3, 0.4) is 0 Å². The van der Waals surface area contributed by atoms with E-state index in [1.165, 1.54) is 0 Å². The van der Waals surface area contributed by atoms with Gasteiger partial charge in [-0.25, -0.2) is 0 Å². The zero-order valence-electron chi connectivity index (χ0n) is 9.20. The quantitative estimate of drug-likeness (QED) is 0.740. The highest BCUT2D eigenvalue weighted by Gasteiger charge is 2.25. The van der Waals surface area contributed by atoms with Crippen LogP contribution in [0.15, 0.2) is 0 Å². The molecular formula is C11H21NO2. The predicted molar refractivity (Wildman–Crippen MR) is 55.8 cm³/mol. The lowest BCUT2D eigenvalue weighted by Crippen LogP contribution is -2.30. The van der Waals surface area contributed by atoms with Crippen LogP contribution < -0.4 is 0 Å². The summed E-state index contributed by atoms with van der Waals surface area (Å²) in [5.41, 5.74) is 0. The minimum absolute atomic E-state index is 0.215. The standard InChI is InChI=1S/C11H21NO2/c1-3-9(2)6-11(14)12-5-4-10(7-12)8-13/h9-10,13H,3-8H2,1-2H3/t9-,10+/m0/s1. The van der Waals surface area contributed by atoms with E-state index in [4.69, 9.17) is 5.11 Å². The third-order valence-electron chi connectivity index (χ3n) is 3.12. The maximum atomic E-state index is 11.7. The van der Waals surface area contributed by atoms with Crippen LogP contribution in [0.2, 0.25) is 0 Å². The summed E-state index contributed by atoms with van der Waals surface area (Å²) in [5.74, 6) is 1.06. The molecule has 3 nitrogen and oxygen atoms in total. The molecular weight excluding hydrogens is 178 g/mol. The van der Waals surface area contributed by atoms with Gasteiger partial charge in [0.1, 0.15) is 0 Å². The first kappa shape index (κ1) is 11.5. The number of nitrogens with zero attached hydrogens (tertiary/aromatic N) is 1. The number of hydrogen-bond donors (Lipinski definition) is 1. The highest BCUT2D eigenvalue weighted by atomic mass is 16.3. The second kappa shape index (κ2) is 5.35. The normalized spacial score (nSPS) is 23.9.